The van der Waals surface area contributed by atoms with Crippen LogP contribution in [0.25, 0.3) is 11.0 Å². The number of hydrogen-bond acceptors (Lipinski definition) is 2. The number of likely N-dealkylation sites (N-methyl/N-ethyl adjacent to an activating group) is 1. The summed E-state index contributed by atoms with van der Waals surface area (Å²) in [6.45, 7) is 2.75. The highest BCUT2D eigenvalue weighted by Gasteiger charge is 2.55. The van der Waals surface area contributed by atoms with Crippen LogP contribution in [-0.2, 0) is 5.41 Å². The summed E-state index contributed by atoms with van der Waals surface area (Å²) in [6.07, 6.45) is -2.87. The highest BCUT2D eigenvalue weighted by molar-refractivity contribution is 5.78. The first-order chi connectivity index (χ1) is 8.80. The van der Waals surface area contributed by atoms with E-state index in [1.54, 1.807) is 18.2 Å². The third-order valence-corrected chi connectivity index (χ3v) is 3.94. The Labute approximate surface area is 109 Å². The molecule has 1 aromatic carbocycles. The van der Waals surface area contributed by atoms with Gasteiger partial charge in [-0.25, -0.2) is 0 Å². The number of nitrogens with one attached hydrogen (secondary N) is 1. The van der Waals surface area contributed by atoms with Crippen LogP contribution in [0, 0.1) is 0 Å². The van der Waals surface area contributed by atoms with Gasteiger partial charge >= 0.3 is 6.18 Å². The van der Waals surface area contributed by atoms with E-state index in [1.807, 2.05) is 0 Å². The number of hydrogen-bond donors (Lipinski definition) is 1. The van der Waals surface area contributed by atoms with E-state index in [4.69, 9.17) is 4.42 Å². The SMILES string of the molecule is CNC(C)C(C)(c1ccc2occc2c1)C(F)(F)F. The van der Waals surface area contributed by atoms with Gasteiger partial charge in [-0.1, -0.05) is 6.07 Å². The van der Waals surface area contributed by atoms with Gasteiger partial charge in [0, 0.05) is 11.4 Å². The van der Waals surface area contributed by atoms with Crippen molar-refractivity contribution < 1.29 is 17.6 Å². The molecule has 0 aliphatic carbocycles. The third kappa shape index (κ3) is 2.12. The summed E-state index contributed by atoms with van der Waals surface area (Å²) >= 11 is 0. The molecule has 2 atom stereocenters. The first-order valence-electron chi connectivity index (χ1n) is 6.02. The van der Waals surface area contributed by atoms with Crippen LogP contribution in [-0.4, -0.2) is 19.3 Å². The predicted octanol–water partition coefficient (Wildman–Crippen LogP) is 3.86. The summed E-state index contributed by atoms with van der Waals surface area (Å²) in [4.78, 5) is 0. The van der Waals surface area contributed by atoms with Gasteiger partial charge in [-0.15, -0.1) is 0 Å². The molecule has 2 nitrogen and oxygen atoms in total. The van der Waals surface area contributed by atoms with Gasteiger partial charge in [-0.05, 0) is 44.7 Å². The summed E-state index contributed by atoms with van der Waals surface area (Å²) < 4.78 is 45.6. The van der Waals surface area contributed by atoms with Gasteiger partial charge in [-0.2, -0.15) is 13.2 Å². The molecule has 0 spiro atoms. The molecule has 0 radical (unpaired) electrons. The van der Waals surface area contributed by atoms with E-state index in [-0.39, 0.29) is 5.56 Å². The van der Waals surface area contributed by atoms with Crippen molar-refractivity contribution in [2.75, 3.05) is 7.05 Å². The van der Waals surface area contributed by atoms with Crippen molar-refractivity contribution >= 4 is 11.0 Å². The minimum absolute atomic E-state index is 0.232. The molecule has 1 N–H and O–H groups in total. The fourth-order valence-corrected chi connectivity index (χ4v) is 2.24. The highest BCUT2D eigenvalue weighted by atomic mass is 19.4. The summed E-state index contributed by atoms with van der Waals surface area (Å²) in [6, 6.07) is 5.53. The second kappa shape index (κ2) is 4.56. The Bertz CT molecular complexity index is 575. The molecule has 0 saturated heterocycles. The Hall–Kier alpha value is -1.49. The number of benzene rings is 1. The molecule has 1 heterocycles. The van der Waals surface area contributed by atoms with E-state index < -0.39 is 17.6 Å². The largest absolute Gasteiger partial charge is 0.464 e. The van der Waals surface area contributed by atoms with Crippen LogP contribution in [0.1, 0.15) is 19.4 Å². The second-order valence-electron chi connectivity index (χ2n) is 4.88. The van der Waals surface area contributed by atoms with Gasteiger partial charge in [0.15, 0.2) is 0 Å². The molecule has 0 fully saturated rings. The Morgan fingerprint density at radius 2 is 1.89 bits per heavy atom. The van der Waals surface area contributed by atoms with Crippen LogP contribution in [0.2, 0.25) is 0 Å². The van der Waals surface area contributed by atoms with Crippen molar-refractivity contribution in [3.8, 4) is 0 Å². The van der Waals surface area contributed by atoms with Gasteiger partial charge < -0.3 is 9.73 Å². The molecule has 1 aromatic heterocycles. The van der Waals surface area contributed by atoms with E-state index in [2.05, 4.69) is 5.32 Å². The molecule has 0 aliphatic rings. The monoisotopic (exact) mass is 271 g/mol. The molecule has 0 bridgehead atoms. The van der Waals surface area contributed by atoms with Crippen LogP contribution in [0.3, 0.4) is 0 Å². The summed E-state index contributed by atoms with van der Waals surface area (Å²) in [5.41, 5.74) is -1.13. The Morgan fingerprint density at radius 1 is 1.21 bits per heavy atom. The van der Waals surface area contributed by atoms with Crippen molar-refractivity contribution in [2.24, 2.45) is 0 Å². The molecule has 0 amide bonds. The molecule has 2 rings (SSSR count). The maximum absolute atomic E-state index is 13.5. The standard InChI is InChI=1S/C14H16F3NO/c1-9(18-3)13(2,14(15,16)17)11-4-5-12-10(8-11)6-7-19-12/h4-9,18H,1-3H3. The van der Waals surface area contributed by atoms with Gasteiger partial charge in [0.05, 0.1) is 6.26 Å². The van der Waals surface area contributed by atoms with E-state index in [1.165, 1.54) is 33.2 Å². The first-order valence-corrected chi connectivity index (χ1v) is 6.02. The number of halogens is 3. The maximum Gasteiger partial charge on any atom is 0.399 e. The molecule has 0 aliphatic heterocycles. The molecule has 0 saturated carbocycles. The van der Waals surface area contributed by atoms with E-state index in [9.17, 15) is 13.2 Å². The number of alkyl halides is 3. The number of furan rings is 1. The molecule has 2 aromatic rings. The average Bonchev–Trinajstić information content (AvgIpc) is 2.82. The minimum Gasteiger partial charge on any atom is -0.464 e. The zero-order valence-electron chi connectivity index (χ0n) is 11.0. The zero-order valence-corrected chi connectivity index (χ0v) is 11.0. The lowest BCUT2D eigenvalue weighted by molar-refractivity contribution is -0.192. The first kappa shape index (κ1) is 13.9. The fraction of sp³-hybridized carbons (Fsp3) is 0.429. The summed E-state index contributed by atoms with van der Waals surface area (Å²) in [7, 11) is 1.53. The third-order valence-electron chi connectivity index (χ3n) is 3.94. The van der Waals surface area contributed by atoms with Gasteiger partial charge in [0.1, 0.15) is 11.0 Å². The van der Waals surface area contributed by atoms with Crippen molar-refractivity contribution in [3.05, 3.63) is 36.1 Å². The van der Waals surface area contributed by atoms with E-state index in [0.29, 0.717) is 11.0 Å². The Morgan fingerprint density at radius 3 is 2.47 bits per heavy atom. The topological polar surface area (TPSA) is 25.2 Å². The molecule has 19 heavy (non-hydrogen) atoms. The molecule has 5 heteroatoms. The lowest BCUT2D eigenvalue weighted by Crippen LogP contribution is -2.53. The second-order valence-corrected chi connectivity index (χ2v) is 4.88. The normalized spacial score (nSPS) is 17.4. The highest BCUT2D eigenvalue weighted by Crippen LogP contribution is 2.44. The Kier molecular flexibility index (Phi) is 3.34. The van der Waals surface area contributed by atoms with E-state index >= 15 is 0 Å². The van der Waals surface area contributed by atoms with Crippen LogP contribution >= 0.6 is 0 Å². The Balaban J connectivity index is 2.60. The van der Waals surface area contributed by atoms with Gasteiger partial charge in [-0.3, -0.25) is 0 Å². The molecule has 2 unspecified atom stereocenters. The van der Waals surface area contributed by atoms with Crippen LogP contribution in [0.15, 0.2) is 34.9 Å². The summed E-state index contributed by atoms with van der Waals surface area (Å²) in [5.74, 6) is 0. The molecular formula is C14H16F3NO. The van der Waals surface area contributed by atoms with Crippen LogP contribution in [0.4, 0.5) is 13.2 Å². The van der Waals surface area contributed by atoms with Crippen LogP contribution < -0.4 is 5.32 Å². The molecule has 104 valence electrons. The van der Waals surface area contributed by atoms with Gasteiger partial charge in [0.25, 0.3) is 0 Å². The van der Waals surface area contributed by atoms with Crippen molar-refractivity contribution in [1.82, 2.24) is 5.32 Å². The number of rotatable bonds is 3. The average molecular weight is 271 g/mol. The van der Waals surface area contributed by atoms with Crippen LogP contribution in [0.5, 0.6) is 0 Å². The van der Waals surface area contributed by atoms with E-state index in [0.717, 1.165) is 0 Å². The smallest absolute Gasteiger partial charge is 0.399 e. The quantitative estimate of drug-likeness (QED) is 0.917. The van der Waals surface area contributed by atoms with Crippen molar-refractivity contribution in [3.63, 3.8) is 0 Å². The lowest BCUT2D eigenvalue weighted by Gasteiger charge is -2.37. The fourth-order valence-electron chi connectivity index (χ4n) is 2.24. The van der Waals surface area contributed by atoms with Crippen molar-refractivity contribution in [2.45, 2.75) is 31.5 Å². The number of fused-ring (bicyclic) bond motifs is 1. The van der Waals surface area contributed by atoms with Gasteiger partial charge in [0.2, 0.25) is 0 Å². The lowest BCUT2D eigenvalue weighted by atomic mass is 9.75. The predicted molar refractivity (Wildman–Crippen MR) is 68.1 cm³/mol. The summed E-state index contributed by atoms with van der Waals surface area (Å²) in [5, 5.41) is 3.39. The maximum atomic E-state index is 13.5. The van der Waals surface area contributed by atoms with Crippen molar-refractivity contribution in [1.29, 1.82) is 0 Å². The molecular weight excluding hydrogens is 255 g/mol. The zero-order chi connectivity index (χ0) is 14.3. The minimum atomic E-state index is -4.34.